The van der Waals surface area contributed by atoms with Gasteiger partial charge in [-0.25, -0.2) is 4.79 Å². The van der Waals surface area contributed by atoms with Gasteiger partial charge < -0.3 is 15.0 Å². The first-order valence-electron chi connectivity index (χ1n) is 10.4. The van der Waals surface area contributed by atoms with Crippen LogP contribution < -0.4 is 5.32 Å². The third kappa shape index (κ3) is 5.81. The summed E-state index contributed by atoms with van der Waals surface area (Å²) >= 11 is 0. The van der Waals surface area contributed by atoms with E-state index in [-0.39, 0.29) is 17.2 Å². The van der Waals surface area contributed by atoms with Gasteiger partial charge in [-0.3, -0.25) is 14.9 Å². The molecule has 31 heavy (non-hydrogen) atoms. The zero-order valence-corrected chi connectivity index (χ0v) is 17.7. The highest BCUT2D eigenvalue weighted by Crippen LogP contribution is 2.27. The number of hydrogen-bond acceptors (Lipinski definition) is 6. The third-order valence-electron chi connectivity index (χ3n) is 5.48. The molecule has 0 saturated carbocycles. The molecule has 8 heteroatoms. The lowest BCUT2D eigenvalue weighted by Crippen LogP contribution is -2.44. The molecule has 0 radical (unpaired) electrons. The quantitative estimate of drug-likeness (QED) is 0.409. The SMILES string of the molecule is CC1CCN(C(=O)[C@H](C)OC(=O)c2ccc(NCc3ccccc3)c([N+](=O)[O-])c2)CC1. The van der Waals surface area contributed by atoms with Crippen LogP contribution in [-0.4, -0.2) is 40.9 Å². The van der Waals surface area contributed by atoms with E-state index < -0.39 is 17.0 Å². The van der Waals surface area contributed by atoms with Crippen LogP contribution in [0, 0.1) is 16.0 Å². The van der Waals surface area contributed by atoms with E-state index in [1.165, 1.54) is 25.1 Å². The van der Waals surface area contributed by atoms with Crippen LogP contribution in [0.3, 0.4) is 0 Å². The first kappa shape index (κ1) is 22.3. The fraction of sp³-hybridized carbons (Fsp3) is 0.391. The maximum atomic E-state index is 12.6. The molecule has 1 N–H and O–H groups in total. The topological polar surface area (TPSA) is 102 Å². The van der Waals surface area contributed by atoms with Crippen LogP contribution in [0.4, 0.5) is 11.4 Å². The molecule has 0 aromatic heterocycles. The smallest absolute Gasteiger partial charge is 0.339 e. The van der Waals surface area contributed by atoms with Gasteiger partial charge in [0, 0.05) is 25.7 Å². The molecular weight excluding hydrogens is 398 g/mol. The lowest BCUT2D eigenvalue weighted by Gasteiger charge is -2.31. The normalized spacial score (nSPS) is 15.2. The van der Waals surface area contributed by atoms with E-state index in [0.29, 0.717) is 31.2 Å². The second-order valence-electron chi connectivity index (χ2n) is 7.88. The summed E-state index contributed by atoms with van der Waals surface area (Å²) in [6, 6.07) is 13.6. The molecule has 1 aliphatic heterocycles. The minimum absolute atomic E-state index is 0.0314. The summed E-state index contributed by atoms with van der Waals surface area (Å²) in [4.78, 5) is 37.8. The van der Waals surface area contributed by atoms with Gasteiger partial charge in [0.25, 0.3) is 11.6 Å². The zero-order chi connectivity index (χ0) is 22.4. The van der Waals surface area contributed by atoms with E-state index in [1.54, 1.807) is 4.90 Å². The maximum Gasteiger partial charge on any atom is 0.339 e. The van der Waals surface area contributed by atoms with Crippen molar-refractivity contribution in [3.8, 4) is 0 Å². The molecule has 0 bridgehead atoms. The molecule has 2 aromatic carbocycles. The Balaban J connectivity index is 1.65. The number of amides is 1. The van der Waals surface area contributed by atoms with Gasteiger partial charge in [-0.05, 0) is 43.4 Å². The van der Waals surface area contributed by atoms with Gasteiger partial charge in [-0.15, -0.1) is 0 Å². The molecular formula is C23H27N3O5. The number of hydrogen-bond donors (Lipinski definition) is 1. The number of esters is 1. The zero-order valence-electron chi connectivity index (χ0n) is 17.7. The van der Waals surface area contributed by atoms with E-state index >= 15 is 0 Å². The summed E-state index contributed by atoms with van der Waals surface area (Å²) in [7, 11) is 0. The number of benzene rings is 2. The Bertz CT molecular complexity index is 939. The number of nitro benzene ring substituents is 1. The van der Waals surface area contributed by atoms with Crippen molar-refractivity contribution in [3.05, 3.63) is 69.8 Å². The molecule has 0 spiro atoms. The fourth-order valence-electron chi connectivity index (χ4n) is 3.52. The van der Waals surface area contributed by atoms with Crippen molar-refractivity contribution < 1.29 is 19.2 Å². The monoisotopic (exact) mass is 425 g/mol. The number of anilines is 1. The van der Waals surface area contributed by atoms with Crippen molar-refractivity contribution in [2.75, 3.05) is 18.4 Å². The Morgan fingerprint density at radius 2 is 1.87 bits per heavy atom. The molecule has 0 aliphatic carbocycles. The molecule has 0 unspecified atom stereocenters. The Morgan fingerprint density at radius 3 is 2.52 bits per heavy atom. The van der Waals surface area contributed by atoms with Crippen molar-refractivity contribution in [2.45, 2.75) is 39.3 Å². The number of nitrogens with one attached hydrogen (secondary N) is 1. The molecule has 1 atom stereocenters. The number of carbonyl (C=O) groups is 2. The molecule has 1 heterocycles. The molecule has 1 fully saturated rings. The lowest BCUT2D eigenvalue weighted by atomic mass is 9.99. The van der Waals surface area contributed by atoms with Gasteiger partial charge >= 0.3 is 5.97 Å². The van der Waals surface area contributed by atoms with Crippen molar-refractivity contribution in [2.24, 2.45) is 5.92 Å². The van der Waals surface area contributed by atoms with Gasteiger partial charge in [-0.1, -0.05) is 37.3 Å². The summed E-state index contributed by atoms with van der Waals surface area (Å²) in [6.45, 7) is 5.38. The number of rotatable bonds is 7. The molecule has 1 amide bonds. The number of piperidine rings is 1. The number of likely N-dealkylation sites (tertiary alicyclic amines) is 1. The standard InChI is InChI=1S/C23H27N3O5/c1-16-10-12-25(13-11-16)22(27)17(2)31-23(28)19-8-9-20(21(14-19)26(29)30)24-15-18-6-4-3-5-7-18/h3-9,14,16-17,24H,10-13,15H2,1-2H3/t17-/m0/s1. The van der Waals surface area contributed by atoms with Crippen molar-refractivity contribution >= 4 is 23.3 Å². The first-order chi connectivity index (χ1) is 14.8. The van der Waals surface area contributed by atoms with Crippen LogP contribution in [0.1, 0.15) is 42.6 Å². The average molecular weight is 425 g/mol. The second-order valence-corrected chi connectivity index (χ2v) is 7.88. The molecule has 164 valence electrons. The van der Waals surface area contributed by atoms with Crippen LogP contribution in [0.5, 0.6) is 0 Å². The van der Waals surface area contributed by atoms with Gasteiger partial charge in [0.15, 0.2) is 6.10 Å². The van der Waals surface area contributed by atoms with Crippen LogP contribution >= 0.6 is 0 Å². The average Bonchev–Trinajstić information content (AvgIpc) is 2.78. The van der Waals surface area contributed by atoms with Gasteiger partial charge in [-0.2, -0.15) is 0 Å². The Morgan fingerprint density at radius 1 is 1.19 bits per heavy atom. The largest absolute Gasteiger partial charge is 0.449 e. The van der Waals surface area contributed by atoms with E-state index in [0.717, 1.165) is 18.4 Å². The fourth-order valence-corrected chi connectivity index (χ4v) is 3.52. The van der Waals surface area contributed by atoms with Crippen LogP contribution in [0.25, 0.3) is 0 Å². The van der Waals surface area contributed by atoms with Crippen LogP contribution in [0.15, 0.2) is 48.5 Å². The first-order valence-corrected chi connectivity index (χ1v) is 10.4. The number of nitro groups is 1. The van der Waals surface area contributed by atoms with E-state index in [1.807, 2.05) is 30.3 Å². The molecule has 2 aromatic rings. The number of ether oxygens (including phenoxy) is 1. The van der Waals surface area contributed by atoms with Gasteiger partial charge in [0.05, 0.1) is 10.5 Å². The third-order valence-corrected chi connectivity index (χ3v) is 5.48. The van der Waals surface area contributed by atoms with E-state index in [9.17, 15) is 19.7 Å². The predicted molar refractivity (Wildman–Crippen MR) is 117 cm³/mol. The highest BCUT2D eigenvalue weighted by Gasteiger charge is 2.28. The van der Waals surface area contributed by atoms with Crippen LogP contribution in [0.2, 0.25) is 0 Å². The predicted octanol–water partition coefficient (Wildman–Crippen LogP) is 4.01. The minimum atomic E-state index is -0.948. The van der Waals surface area contributed by atoms with Crippen molar-refractivity contribution in [3.63, 3.8) is 0 Å². The van der Waals surface area contributed by atoms with Crippen molar-refractivity contribution in [1.82, 2.24) is 4.90 Å². The highest BCUT2D eigenvalue weighted by atomic mass is 16.6. The highest BCUT2D eigenvalue weighted by molar-refractivity contribution is 5.93. The van der Waals surface area contributed by atoms with Crippen molar-refractivity contribution in [1.29, 1.82) is 0 Å². The summed E-state index contributed by atoms with van der Waals surface area (Å²) in [5, 5.41) is 14.6. The summed E-state index contributed by atoms with van der Waals surface area (Å²) in [5.41, 5.74) is 1.08. The minimum Gasteiger partial charge on any atom is -0.449 e. The Hall–Kier alpha value is -3.42. The van der Waals surface area contributed by atoms with E-state index in [4.69, 9.17) is 4.74 Å². The Labute approximate surface area is 181 Å². The number of nitrogens with zero attached hydrogens (tertiary/aromatic N) is 2. The summed E-state index contributed by atoms with van der Waals surface area (Å²) < 4.78 is 5.31. The van der Waals surface area contributed by atoms with Crippen LogP contribution in [-0.2, 0) is 16.1 Å². The number of carbonyl (C=O) groups excluding carboxylic acids is 2. The molecule has 3 rings (SSSR count). The summed E-state index contributed by atoms with van der Waals surface area (Å²) in [6.07, 6.45) is 0.905. The van der Waals surface area contributed by atoms with E-state index in [2.05, 4.69) is 12.2 Å². The second kappa shape index (κ2) is 10.1. The van der Waals surface area contributed by atoms with Gasteiger partial charge in [0.2, 0.25) is 0 Å². The maximum absolute atomic E-state index is 12.6. The summed E-state index contributed by atoms with van der Waals surface area (Å²) in [5.74, 6) is -0.420. The Kier molecular flexibility index (Phi) is 7.23. The molecule has 1 saturated heterocycles. The van der Waals surface area contributed by atoms with Gasteiger partial charge in [0.1, 0.15) is 5.69 Å². The molecule has 1 aliphatic rings. The molecule has 8 nitrogen and oxygen atoms in total. The lowest BCUT2D eigenvalue weighted by molar-refractivity contribution is -0.384.